The van der Waals surface area contributed by atoms with Crippen molar-refractivity contribution in [3.05, 3.63) is 29.3 Å². The average molecular weight is 353 g/mol. The second-order valence-electron chi connectivity index (χ2n) is 6.91. The molecule has 118 valence electrons. The molecule has 0 amide bonds. The van der Waals surface area contributed by atoms with Crippen LogP contribution in [0.3, 0.4) is 0 Å². The number of hydrogen-bond donors (Lipinski definition) is 1. The van der Waals surface area contributed by atoms with Gasteiger partial charge in [0.05, 0.1) is 17.1 Å². The quantitative estimate of drug-likeness (QED) is 0.459. The average Bonchev–Trinajstić information content (AvgIpc) is 2.84. The summed E-state index contributed by atoms with van der Waals surface area (Å²) in [7, 11) is 3.71. The predicted octanol–water partition coefficient (Wildman–Crippen LogP) is 4.44. The lowest BCUT2D eigenvalue weighted by Crippen LogP contribution is -2.48. The van der Waals surface area contributed by atoms with Gasteiger partial charge in [0.1, 0.15) is 0 Å². The number of hydrogen-bond acceptors (Lipinski definition) is 4. The van der Waals surface area contributed by atoms with Gasteiger partial charge in [-0.05, 0) is 32.4 Å². The summed E-state index contributed by atoms with van der Waals surface area (Å²) in [5.41, 5.74) is 3.87. The lowest BCUT2D eigenvalue weighted by molar-refractivity contribution is -0.113. The molecule has 2 aliphatic rings. The number of fused-ring (bicyclic) bond motifs is 3. The molecule has 0 saturated carbocycles. The second-order valence-corrected chi connectivity index (χ2v) is 10.6. The molecule has 2 heterocycles. The minimum Gasteiger partial charge on any atom is -0.379 e. The molecule has 0 aromatic heterocycles. The molecule has 1 aromatic carbocycles. The summed E-state index contributed by atoms with van der Waals surface area (Å²) in [5.74, 6) is 0.419. The summed E-state index contributed by atoms with van der Waals surface area (Å²) in [5, 5.41) is 4.42. The number of carbonyl (C=O) groups excluding carboxylic acids is 1. The highest BCUT2D eigenvalue weighted by molar-refractivity contribution is 8.84. The van der Waals surface area contributed by atoms with Crippen LogP contribution in [0.2, 0.25) is 0 Å². The SMILES string of the molecule is Cc1ccc2c(c1)C1C(=[S+]C(=O)C(C)C)SSC1C(C)(C)N2. The highest BCUT2D eigenvalue weighted by Crippen LogP contribution is 2.56. The van der Waals surface area contributed by atoms with Crippen LogP contribution in [0.25, 0.3) is 0 Å². The normalized spacial score (nSPS) is 27.5. The van der Waals surface area contributed by atoms with Crippen molar-refractivity contribution >= 4 is 47.9 Å². The molecule has 2 unspecified atom stereocenters. The number of anilines is 1. The first-order valence-electron chi connectivity index (χ1n) is 7.60. The van der Waals surface area contributed by atoms with Gasteiger partial charge in [0.15, 0.2) is 0 Å². The van der Waals surface area contributed by atoms with Crippen molar-refractivity contribution in [3.63, 3.8) is 0 Å². The molecule has 1 aromatic rings. The standard InChI is InChI=1S/C17H22NOS3/c1-9(2)15(19)20-16-13-11-8-10(3)6-7-12(11)18-17(4,5)14(13)21-22-16/h6-9,13-14,18H,1-5H3/q+1. The van der Waals surface area contributed by atoms with Crippen LogP contribution in [0.5, 0.6) is 0 Å². The molecule has 3 rings (SSSR count). The van der Waals surface area contributed by atoms with E-state index in [0.717, 1.165) is 0 Å². The van der Waals surface area contributed by atoms with E-state index in [9.17, 15) is 4.79 Å². The van der Waals surface area contributed by atoms with E-state index < -0.39 is 0 Å². The Kier molecular flexibility index (Phi) is 4.34. The highest BCUT2D eigenvalue weighted by atomic mass is 33.1. The Hall–Kier alpha value is -0.520. The summed E-state index contributed by atoms with van der Waals surface area (Å²) < 4.78 is 1.26. The number of carbonyl (C=O) groups is 1. The zero-order valence-electron chi connectivity index (χ0n) is 13.6. The van der Waals surface area contributed by atoms with Crippen LogP contribution in [-0.4, -0.2) is 20.1 Å². The Morgan fingerprint density at radius 1 is 1.36 bits per heavy atom. The zero-order valence-corrected chi connectivity index (χ0v) is 16.0. The van der Waals surface area contributed by atoms with Crippen LogP contribution in [0, 0.1) is 12.8 Å². The van der Waals surface area contributed by atoms with E-state index in [2.05, 4.69) is 44.3 Å². The molecule has 5 heteroatoms. The van der Waals surface area contributed by atoms with Gasteiger partial charge in [-0.3, -0.25) is 0 Å². The minimum atomic E-state index is 0.0216. The summed E-state index contributed by atoms with van der Waals surface area (Å²) >= 11 is 1.46. The van der Waals surface area contributed by atoms with Gasteiger partial charge >= 0.3 is 5.12 Å². The number of nitrogens with one attached hydrogen (secondary N) is 1. The van der Waals surface area contributed by atoms with Gasteiger partial charge in [0, 0.05) is 22.0 Å². The van der Waals surface area contributed by atoms with Gasteiger partial charge in [-0.25, -0.2) is 4.79 Å². The Labute approximate surface area is 144 Å². The molecule has 2 atom stereocenters. The molecule has 1 fully saturated rings. The lowest BCUT2D eigenvalue weighted by atomic mass is 9.80. The van der Waals surface area contributed by atoms with Crippen molar-refractivity contribution < 1.29 is 4.79 Å². The van der Waals surface area contributed by atoms with Crippen molar-refractivity contribution in [2.24, 2.45) is 5.92 Å². The van der Waals surface area contributed by atoms with Crippen LogP contribution >= 0.6 is 21.6 Å². The molecular weight excluding hydrogens is 330 g/mol. The van der Waals surface area contributed by atoms with Gasteiger partial charge in [-0.1, -0.05) is 42.3 Å². The van der Waals surface area contributed by atoms with Crippen molar-refractivity contribution in [2.45, 2.75) is 51.3 Å². The third-order valence-corrected chi connectivity index (χ3v) is 9.15. The lowest BCUT2D eigenvalue weighted by Gasteiger charge is -2.41. The van der Waals surface area contributed by atoms with Gasteiger partial charge in [-0.15, -0.1) is 0 Å². The van der Waals surface area contributed by atoms with E-state index >= 15 is 0 Å². The fraction of sp³-hybridized carbons (Fsp3) is 0.529. The third kappa shape index (κ3) is 2.83. The van der Waals surface area contributed by atoms with E-state index in [1.807, 2.05) is 24.6 Å². The molecule has 2 aliphatic heterocycles. The second kappa shape index (κ2) is 5.84. The van der Waals surface area contributed by atoms with Gasteiger partial charge < -0.3 is 5.32 Å². The molecule has 22 heavy (non-hydrogen) atoms. The first kappa shape index (κ1) is 16.3. The summed E-state index contributed by atoms with van der Waals surface area (Å²) in [6.45, 7) is 10.6. The molecule has 2 nitrogen and oxygen atoms in total. The molecule has 1 saturated heterocycles. The van der Waals surface area contributed by atoms with Crippen molar-refractivity contribution in [1.82, 2.24) is 0 Å². The predicted molar refractivity (Wildman–Crippen MR) is 103 cm³/mol. The smallest absolute Gasteiger partial charge is 0.379 e. The molecule has 0 radical (unpaired) electrons. The Bertz CT molecular complexity index is 651. The monoisotopic (exact) mass is 352 g/mol. The van der Waals surface area contributed by atoms with Crippen LogP contribution in [-0.2, 0) is 16.1 Å². The van der Waals surface area contributed by atoms with Gasteiger partial charge in [-0.2, -0.15) is 0 Å². The Morgan fingerprint density at radius 2 is 2.09 bits per heavy atom. The van der Waals surface area contributed by atoms with E-state index in [1.165, 1.54) is 32.4 Å². The largest absolute Gasteiger partial charge is 0.407 e. The van der Waals surface area contributed by atoms with Gasteiger partial charge in [0.2, 0.25) is 0 Å². The minimum absolute atomic E-state index is 0.0216. The molecule has 0 spiro atoms. The first-order valence-corrected chi connectivity index (χ1v) is 10.6. The van der Waals surface area contributed by atoms with Gasteiger partial charge in [0.25, 0.3) is 15.5 Å². The van der Waals surface area contributed by atoms with Crippen LogP contribution in [0.1, 0.15) is 44.7 Å². The summed E-state index contributed by atoms with van der Waals surface area (Å²) in [6.07, 6.45) is 0. The van der Waals surface area contributed by atoms with Crippen LogP contribution < -0.4 is 5.32 Å². The van der Waals surface area contributed by atoms with Crippen molar-refractivity contribution in [1.29, 1.82) is 0 Å². The van der Waals surface area contributed by atoms with E-state index in [1.54, 1.807) is 10.8 Å². The zero-order chi connectivity index (χ0) is 16.1. The van der Waals surface area contributed by atoms with Crippen LogP contribution in [0.15, 0.2) is 18.2 Å². The van der Waals surface area contributed by atoms with Crippen molar-refractivity contribution in [3.8, 4) is 0 Å². The maximum Gasteiger partial charge on any atom is 0.407 e. The first-order chi connectivity index (χ1) is 10.3. The highest BCUT2D eigenvalue weighted by Gasteiger charge is 2.53. The van der Waals surface area contributed by atoms with Crippen LogP contribution in [0.4, 0.5) is 5.69 Å². The van der Waals surface area contributed by atoms with E-state index in [0.29, 0.717) is 11.2 Å². The van der Waals surface area contributed by atoms with E-state index in [4.69, 9.17) is 0 Å². The fourth-order valence-corrected chi connectivity index (χ4v) is 8.18. The Morgan fingerprint density at radius 3 is 2.77 bits per heavy atom. The topological polar surface area (TPSA) is 29.1 Å². The number of aryl methyl sites for hydroxylation is 1. The summed E-state index contributed by atoms with van der Waals surface area (Å²) in [6, 6.07) is 6.62. The summed E-state index contributed by atoms with van der Waals surface area (Å²) in [4.78, 5) is 12.2. The maximum absolute atomic E-state index is 12.2. The third-order valence-electron chi connectivity index (χ3n) is 4.17. The fourth-order valence-electron chi connectivity index (χ4n) is 2.93. The maximum atomic E-state index is 12.2. The van der Waals surface area contributed by atoms with E-state index in [-0.39, 0.29) is 16.6 Å². The number of benzene rings is 1. The molecule has 1 N–H and O–H groups in total. The molecule has 0 aliphatic carbocycles. The number of rotatable bonds is 1. The molecule has 0 bridgehead atoms. The Balaban J connectivity index is 2.09. The van der Waals surface area contributed by atoms with Crippen molar-refractivity contribution in [2.75, 3.05) is 5.32 Å². The molecular formula is C17H22NOS3+.